The fourth-order valence-corrected chi connectivity index (χ4v) is 4.14. The van der Waals surface area contributed by atoms with Crippen LogP contribution >= 0.6 is 0 Å². The lowest BCUT2D eigenvalue weighted by molar-refractivity contribution is -0.148. The van der Waals surface area contributed by atoms with Crippen LogP contribution in [-0.2, 0) is 24.3 Å². The molecule has 0 radical (unpaired) electrons. The number of aliphatic imine (C=N–C) groups is 1. The highest BCUT2D eigenvalue weighted by Crippen LogP contribution is 2.24. The van der Waals surface area contributed by atoms with Crippen LogP contribution in [0.15, 0.2) is 4.99 Å². The molecule has 2 aliphatic rings. The third kappa shape index (κ3) is 6.83. The van der Waals surface area contributed by atoms with Gasteiger partial charge in [0.05, 0.1) is 13.1 Å². The molecule has 0 bridgehead atoms. The molecule has 1 aromatic heterocycles. The molecule has 3 heterocycles. The van der Waals surface area contributed by atoms with E-state index in [1.807, 2.05) is 4.68 Å². The molecule has 8 nitrogen and oxygen atoms in total. The summed E-state index contributed by atoms with van der Waals surface area (Å²) in [5.74, 6) is 2.89. The zero-order chi connectivity index (χ0) is 21.6. The highest BCUT2D eigenvalue weighted by molar-refractivity contribution is 5.79. The summed E-state index contributed by atoms with van der Waals surface area (Å²) in [5.41, 5.74) is 0. The molecule has 1 aromatic rings. The van der Waals surface area contributed by atoms with Gasteiger partial charge in [-0.2, -0.15) is 18.3 Å². The summed E-state index contributed by atoms with van der Waals surface area (Å²) < 4.78 is 44.5. The smallest absolute Gasteiger partial charge is 0.377 e. The first-order valence-corrected chi connectivity index (χ1v) is 10.5. The number of alkyl halides is 3. The molecule has 3 rings (SSSR count). The predicted molar refractivity (Wildman–Crippen MR) is 107 cm³/mol. The van der Waals surface area contributed by atoms with Gasteiger partial charge in [0.15, 0.2) is 11.8 Å². The Kier molecular flexibility index (Phi) is 7.93. The zero-order valence-electron chi connectivity index (χ0n) is 17.7. The Labute approximate surface area is 175 Å². The first-order valence-electron chi connectivity index (χ1n) is 10.5. The number of hydrogen-bond acceptors (Lipinski definition) is 5. The Morgan fingerprint density at radius 2 is 2.03 bits per heavy atom. The number of guanidine groups is 1. The number of aromatic nitrogens is 3. The first kappa shape index (κ1) is 22.8. The fourth-order valence-electron chi connectivity index (χ4n) is 4.14. The number of piperidine rings is 1. The van der Waals surface area contributed by atoms with Gasteiger partial charge in [-0.15, -0.1) is 0 Å². The lowest BCUT2D eigenvalue weighted by atomic mass is 9.93. The average molecular weight is 432 g/mol. The molecule has 0 aromatic carbocycles. The third-order valence-electron chi connectivity index (χ3n) is 5.69. The van der Waals surface area contributed by atoms with E-state index >= 15 is 0 Å². The Morgan fingerprint density at radius 1 is 1.27 bits per heavy atom. The maximum atomic E-state index is 12.5. The van der Waals surface area contributed by atoms with Gasteiger partial charge in [-0.05, 0) is 44.7 Å². The molecular weight excluding hydrogens is 399 g/mol. The summed E-state index contributed by atoms with van der Waals surface area (Å²) >= 11 is 0. The predicted octanol–water partition coefficient (Wildman–Crippen LogP) is 1.57. The summed E-state index contributed by atoms with van der Waals surface area (Å²) in [6.07, 6.45) is 0.241. The van der Waals surface area contributed by atoms with Crippen LogP contribution in [0.3, 0.4) is 0 Å². The van der Waals surface area contributed by atoms with E-state index in [-0.39, 0.29) is 6.04 Å². The molecule has 30 heavy (non-hydrogen) atoms. The van der Waals surface area contributed by atoms with Crippen LogP contribution in [0.4, 0.5) is 13.2 Å². The van der Waals surface area contributed by atoms with Gasteiger partial charge in [0.2, 0.25) is 0 Å². The molecule has 0 aliphatic carbocycles. The van der Waals surface area contributed by atoms with Crippen LogP contribution in [0, 0.1) is 5.92 Å². The Balaban J connectivity index is 1.36. The molecule has 1 saturated heterocycles. The first-order chi connectivity index (χ1) is 14.4. The number of nitrogens with one attached hydrogen (secondary N) is 2. The van der Waals surface area contributed by atoms with E-state index in [2.05, 4.69) is 25.7 Å². The van der Waals surface area contributed by atoms with E-state index in [0.29, 0.717) is 31.4 Å². The second kappa shape index (κ2) is 10.4. The summed E-state index contributed by atoms with van der Waals surface area (Å²) in [4.78, 5) is 10.3. The molecule has 0 spiro atoms. The lowest BCUT2D eigenvalue weighted by Gasteiger charge is -2.32. The number of fused-ring (bicyclic) bond motifs is 1. The standard InChI is InChI=1S/C19H32F3N7O/c1-23-18(24-8-5-14-6-9-28(10-7-14)13-19(20,21)22)25-15-3-4-17-26-16(12-30-2)27-29(17)11-15/h14-15H,3-13H2,1-2H3,(H2,23,24,25). The molecule has 0 amide bonds. The van der Waals surface area contributed by atoms with Gasteiger partial charge in [0.1, 0.15) is 12.4 Å². The van der Waals surface area contributed by atoms with E-state index in [1.54, 1.807) is 14.2 Å². The summed E-state index contributed by atoms with van der Waals surface area (Å²) in [5, 5.41) is 11.3. The molecule has 2 N–H and O–H groups in total. The number of nitrogens with zero attached hydrogens (tertiary/aromatic N) is 5. The normalized spacial score (nSPS) is 21.5. The monoisotopic (exact) mass is 431 g/mol. The van der Waals surface area contributed by atoms with E-state index < -0.39 is 12.7 Å². The number of hydrogen-bond donors (Lipinski definition) is 2. The van der Waals surface area contributed by atoms with Crippen molar-refractivity contribution in [3.63, 3.8) is 0 Å². The third-order valence-corrected chi connectivity index (χ3v) is 5.69. The van der Waals surface area contributed by atoms with E-state index in [0.717, 1.165) is 57.0 Å². The molecule has 170 valence electrons. The second-order valence-electron chi connectivity index (χ2n) is 8.06. The van der Waals surface area contributed by atoms with Gasteiger partial charge in [-0.25, -0.2) is 9.67 Å². The van der Waals surface area contributed by atoms with Gasteiger partial charge in [0, 0.05) is 33.2 Å². The van der Waals surface area contributed by atoms with Crippen molar-refractivity contribution >= 4 is 5.96 Å². The SMILES string of the molecule is CN=C(NCCC1CCN(CC(F)(F)F)CC1)NC1CCc2nc(COC)nn2C1. The van der Waals surface area contributed by atoms with Crippen molar-refractivity contribution in [2.24, 2.45) is 10.9 Å². The molecule has 2 aliphatic heterocycles. The lowest BCUT2D eigenvalue weighted by Crippen LogP contribution is -2.47. The van der Waals surface area contributed by atoms with Crippen LogP contribution in [0.5, 0.6) is 0 Å². The van der Waals surface area contributed by atoms with Crippen LogP contribution in [-0.4, -0.2) is 78.2 Å². The van der Waals surface area contributed by atoms with Crippen LogP contribution < -0.4 is 10.6 Å². The largest absolute Gasteiger partial charge is 0.401 e. The number of methoxy groups -OCH3 is 1. The van der Waals surface area contributed by atoms with Crippen LogP contribution in [0.2, 0.25) is 0 Å². The maximum absolute atomic E-state index is 12.5. The Bertz CT molecular complexity index is 699. The Morgan fingerprint density at radius 3 is 2.70 bits per heavy atom. The summed E-state index contributed by atoms with van der Waals surface area (Å²) in [6, 6.07) is 0.214. The second-order valence-corrected chi connectivity index (χ2v) is 8.06. The molecule has 1 fully saturated rings. The van der Waals surface area contributed by atoms with Gasteiger partial charge < -0.3 is 15.4 Å². The number of aryl methyl sites for hydroxylation is 1. The molecular formula is C19H32F3N7O. The van der Waals surface area contributed by atoms with Gasteiger partial charge >= 0.3 is 6.18 Å². The van der Waals surface area contributed by atoms with Crippen molar-refractivity contribution in [2.75, 3.05) is 40.3 Å². The molecule has 1 atom stereocenters. The van der Waals surface area contributed by atoms with E-state index in [9.17, 15) is 13.2 Å². The number of rotatable bonds is 7. The van der Waals surface area contributed by atoms with E-state index in [4.69, 9.17) is 4.74 Å². The topological polar surface area (TPSA) is 79.6 Å². The highest BCUT2D eigenvalue weighted by Gasteiger charge is 2.32. The quantitative estimate of drug-likeness (QED) is 0.504. The average Bonchev–Trinajstić information content (AvgIpc) is 3.09. The zero-order valence-corrected chi connectivity index (χ0v) is 17.7. The number of ether oxygens (including phenoxy) is 1. The summed E-state index contributed by atoms with van der Waals surface area (Å²) in [6.45, 7) is 2.13. The van der Waals surface area contributed by atoms with Crippen LogP contribution in [0.1, 0.15) is 37.3 Å². The van der Waals surface area contributed by atoms with Gasteiger partial charge in [-0.3, -0.25) is 9.89 Å². The minimum Gasteiger partial charge on any atom is -0.377 e. The number of halogens is 3. The number of likely N-dealkylation sites (tertiary alicyclic amines) is 1. The maximum Gasteiger partial charge on any atom is 0.401 e. The van der Waals surface area contributed by atoms with E-state index in [1.165, 1.54) is 4.90 Å². The molecule has 0 saturated carbocycles. The highest BCUT2D eigenvalue weighted by atomic mass is 19.4. The van der Waals surface area contributed by atoms with Crippen molar-refractivity contribution in [1.29, 1.82) is 0 Å². The minimum atomic E-state index is -4.11. The van der Waals surface area contributed by atoms with Crippen LogP contribution in [0.25, 0.3) is 0 Å². The Hall–Kier alpha value is -1.88. The summed E-state index contributed by atoms with van der Waals surface area (Å²) in [7, 11) is 3.37. The molecule has 11 heteroatoms. The van der Waals surface area contributed by atoms with Crippen molar-refractivity contribution < 1.29 is 17.9 Å². The minimum absolute atomic E-state index is 0.214. The van der Waals surface area contributed by atoms with Crippen molar-refractivity contribution in [3.05, 3.63) is 11.6 Å². The van der Waals surface area contributed by atoms with Gasteiger partial charge in [-0.1, -0.05) is 0 Å². The molecule has 1 unspecified atom stereocenters. The van der Waals surface area contributed by atoms with Gasteiger partial charge in [0.25, 0.3) is 0 Å². The van der Waals surface area contributed by atoms with Crippen molar-refractivity contribution in [1.82, 2.24) is 30.3 Å². The van der Waals surface area contributed by atoms with Crippen molar-refractivity contribution in [2.45, 2.75) is 57.5 Å². The fraction of sp³-hybridized carbons (Fsp3) is 0.842. The van der Waals surface area contributed by atoms with Crippen molar-refractivity contribution in [3.8, 4) is 0 Å².